The Morgan fingerprint density at radius 2 is 1.44 bits per heavy atom. The first-order chi connectivity index (χ1) is 15.1. The summed E-state index contributed by atoms with van der Waals surface area (Å²) >= 11 is 0. The van der Waals surface area contributed by atoms with Gasteiger partial charge in [0.1, 0.15) is 0 Å². The van der Waals surface area contributed by atoms with Crippen LogP contribution in [0.4, 0.5) is 0 Å². The molecule has 0 aromatic rings. The van der Waals surface area contributed by atoms with Gasteiger partial charge < -0.3 is 9.47 Å². The van der Waals surface area contributed by atoms with Gasteiger partial charge in [0.05, 0.1) is 17.8 Å². The minimum Gasteiger partial charge on any atom is -0.428 e. The standard InChI is InChI=1S/C17H23NO6.C6H11NO2.B/c1-8-10(15(22)24-7-23-9(2)19)17(4)6-16(8,3)11-12(17)14(21)18(5)13(11)20;1-4-7(5(2)8)6(3)9;/h8,10-12H,6-7H2,1-5H3;4H2,1-3H3;. The summed E-state index contributed by atoms with van der Waals surface area (Å²) in [6.45, 7) is 11.6. The monoisotopic (exact) mass is 477 g/mol. The molecule has 0 aromatic heterocycles. The Labute approximate surface area is 202 Å². The van der Waals surface area contributed by atoms with Gasteiger partial charge in [0, 0.05) is 42.8 Å². The maximum atomic E-state index is 12.6. The van der Waals surface area contributed by atoms with Crippen molar-refractivity contribution in [3.63, 3.8) is 0 Å². The van der Waals surface area contributed by atoms with Crippen LogP contribution in [0.3, 0.4) is 0 Å². The van der Waals surface area contributed by atoms with Crippen molar-refractivity contribution in [3.8, 4) is 0 Å². The third-order valence-electron chi connectivity index (χ3n) is 7.75. The Bertz CT molecular complexity index is 878. The molecule has 2 bridgehead atoms. The molecule has 3 fully saturated rings. The number of hydrogen-bond donors (Lipinski definition) is 0. The van der Waals surface area contributed by atoms with Crippen molar-refractivity contribution in [1.29, 1.82) is 0 Å². The van der Waals surface area contributed by atoms with Gasteiger partial charge in [-0.15, -0.1) is 0 Å². The molecule has 34 heavy (non-hydrogen) atoms. The van der Waals surface area contributed by atoms with E-state index in [2.05, 4.69) is 4.74 Å². The number of hydrogen-bond acceptors (Lipinski definition) is 8. The van der Waals surface area contributed by atoms with Gasteiger partial charge in [0.2, 0.25) is 30.4 Å². The molecule has 0 aromatic carbocycles. The van der Waals surface area contributed by atoms with Crippen LogP contribution in [-0.2, 0) is 38.2 Å². The summed E-state index contributed by atoms with van der Waals surface area (Å²) in [6, 6.07) is 0. The molecule has 3 aliphatic rings. The van der Waals surface area contributed by atoms with Crippen molar-refractivity contribution in [2.75, 3.05) is 20.4 Å². The van der Waals surface area contributed by atoms with Crippen LogP contribution < -0.4 is 0 Å². The molecule has 1 saturated heterocycles. The first kappa shape index (κ1) is 29.3. The van der Waals surface area contributed by atoms with E-state index in [0.29, 0.717) is 13.0 Å². The maximum Gasteiger partial charge on any atom is 0.312 e. The van der Waals surface area contributed by atoms with Gasteiger partial charge in [0.25, 0.3) is 0 Å². The molecule has 6 atom stereocenters. The molecule has 10 nitrogen and oxygen atoms in total. The van der Waals surface area contributed by atoms with Crippen molar-refractivity contribution in [1.82, 2.24) is 9.80 Å². The van der Waals surface area contributed by atoms with Gasteiger partial charge in [-0.05, 0) is 30.1 Å². The third-order valence-corrected chi connectivity index (χ3v) is 7.75. The molecule has 0 N–H and O–H groups in total. The predicted molar refractivity (Wildman–Crippen MR) is 120 cm³/mol. The molecule has 11 heteroatoms. The summed E-state index contributed by atoms with van der Waals surface area (Å²) in [6.07, 6.45) is 0.634. The van der Waals surface area contributed by atoms with E-state index in [0.717, 1.165) is 0 Å². The molecule has 1 heterocycles. The van der Waals surface area contributed by atoms with Crippen molar-refractivity contribution in [3.05, 3.63) is 0 Å². The van der Waals surface area contributed by atoms with Gasteiger partial charge in [0.15, 0.2) is 0 Å². The van der Waals surface area contributed by atoms with Crippen LogP contribution in [0.15, 0.2) is 0 Å². The van der Waals surface area contributed by atoms with Crippen LogP contribution in [0.2, 0.25) is 0 Å². The number of rotatable bonds is 4. The van der Waals surface area contributed by atoms with Crippen LogP contribution in [0.1, 0.15) is 54.9 Å². The summed E-state index contributed by atoms with van der Waals surface area (Å²) in [5, 5.41) is 0. The average molecular weight is 477 g/mol. The summed E-state index contributed by atoms with van der Waals surface area (Å²) < 4.78 is 9.79. The fourth-order valence-corrected chi connectivity index (χ4v) is 6.28. The highest BCUT2D eigenvalue weighted by Gasteiger charge is 2.77. The molecule has 1 aliphatic heterocycles. The number of amides is 4. The normalized spacial score (nSPS) is 32.8. The molecule has 6 unspecified atom stereocenters. The molecule has 3 rings (SSSR count). The van der Waals surface area contributed by atoms with Crippen LogP contribution >= 0.6 is 0 Å². The largest absolute Gasteiger partial charge is 0.428 e. The number of imide groups is 2. The smallest absolute Gasteiger partial charge is 0.312 e. The first-order valence-electron chi connectivity index (χ1n) is 11.0. The van der Waals surface area contributed by atoms with E-state index in [1.165, 1.54) is 37.6 Å². The van der Waals surface area contributed by atoms with Crippen molar-refractivity contribution >= 4 is 44.0 Å². The average Bonchev–Trinajstić information content (AvgIpc) is 3.16. The predicted octanol–water partition coefficient (Wildman–Crippen LogP) is 0.984. The molecule has 2 saturated carbocycles. The minimum atomic E-state index is -0.621. The number of likely N-dealkylation sites (tertiary alicyclic amines) is 1. The molecular formula is C23H34BN2O8. The second kappa shape index (κ2) is 10.3. The maximum absolute atomic E-state index is 12.6. The van der Waals surface area contributed by atoms with E-state index >= 15 is 0 Å². The highest BCUT2D eigenvalue weighted by Crippen LogP contribution is 2.73. The summed E-state index contributed by atoms with van der Waals surface area (Å²) in [7, 11) is 1.51. The zero-order valence-electron chi connectivity index (χ0n) is 21.2. The van der Waals surface area contributed by atoms with E-state index in [9.17, 15) is 28.8 Å². The number of esters is 2. The van der Waals surface area contributed by atoms with Gasteiger partial charge >= 0.3 is 11.9 Å². The Morgan fingerprint density at radius 1 is 0.971 bits per heavy atom. The second-order valence-corrected chi connectivity index (χ2v) is 9.65. The van der Waals surface area contributed by atoms with E-state index in [1.54, 1.807) is 6.92 Å². The fourth-order valence-electron chi connectivity index (χ4n) is 6.28. The molecular weight excluding hydrogens is 443 g/mol. The van der Waals surface area contributed by atoms with E-state index in [4.69, 9.17) is 4.74 Å². The van der Waals surface area contributed by atoms with Gasteiger partial charge in [-0.2, -0.15) is 0 Å². The van der Waals surface area contributed by atoms with Crippen LogP contribution in [0, 0.1) is 34.5 Å². The molecule has 3 radical (unpaired) electrons. The number of nitrogens with zero attached hydrogens (tertiary/aromatic N) is 2. The lowest BCUT2D eigenvalue weighted by atomic mass is 9.59. The molecule has 0 spiro atoms. The topological polar surface area (TPSA) is 127 Å². The zero-order valence-corrected chi connectivity index (χ0v) is 21.2. The first-order valence-corrected chi connectivity index (χ1v) is 11.0. The highest BCUT2D eigenvalue weighted by atomic mass is 16.7. The van der Waals surface area contributed by atoms with Gasteiger partial charge in [-0.25, -0.2) is 0 Å². The Morgan fingerprint density at radius 3 is 1.82 bits per heavy atom. The fraction of sp³-hybridized carbons (Fsp3) is 0.739. The van der Waals surface area contributed by atoms with Crippen LogP contribution in [0.25, 0.3) is 0 Å². The van der Waals surface area contributed by atoms with Crippen molar-refractivity contribution < 1.29 is 38.2 Å². The quantitative estimate of drug-likeness (QED) is 0.254. The summed E-state index contributed by atoms with van der Waals surface area (Å²) in [5.74, 6) is -3.18. The lowest BCUT2D eigenvalue weighted by molar-refractivity contribution is -0.176. The zero-order chi connectivity index (χ0) is 25.5. The molecule has 187 valence electrons. The minimum absolute atomic E-state index is 0. The van der Waals surface area contributed by atoms with Crippen LogP contribution in [0.5, 0.6) is 0 Å². The highest BCUT2D eigenvalue weighted by molar-refractivity contribution is 6.07. The lowest BCUT2D eigenvalue weighted by Gasteiger charge is -2.42. The number of ether oxygens (including phenoxy) is 2. The number of carbonyl (C=O) groups is 6. The number of carbonyl (C=O) groups excluding carboxylic acids is 6. The van der Waals surface area contributed by atoms with E-state index in [-0.39, 0.29) is 43.9 Å². The SMILES string of the molecule is CC(=O)OCOC(=O)C1C(C)C2(C)CC1(C)C1C(=O)N(C)C(=O)C12.CCN(C(C)=O)C(C)=O.[B]. The van der Waals surface area contributed by atoms with Gasteiger partial charge in [-0.3, -0.25) is 38.6 Å². The van der Waals surface area contributed by atoms with Crippen LogP contribution in [-0.4, -0.2) is 74.2 Å². The Balaban J connectivity index is 0.000000496. The molecule has 4 amide bonds. The lowest BCUT2D eigenvalue weighted by Crippen LogP contribution is -2.48. The third kappa shape index (κ3) is 4.61. The summed E-state index contributed by atoms with van der Waals surface area (Å²) in [4.78, 5) is 72.0. The van der Waals surface area contributed by atoms with Gasteiger partial charge in [-0.1, -0.05) is 20.8 Å². The van der Waals surface area contributed by atoms with E-state index in [1.807, 2.05) is 20.8 Å². The number of fused-ring (bicyclic) bond motifs is 5. The Kier molecular flexibility index (Phi) is 8.86. The van der Waals surface area contributed by atoms with Crippen molar-refractivity contribution in [2.45, 2.75) is 54.9 Å². The molecule has 2 aliphatic carbocycles. The second-order valence-electron chi connectivity index (χ2n) is 9.65. The Hall–Kier alpha value is -2.72. The summed E-state index contributed by atoms with van der Waals surface area (Å²) in [5.41, 5.74) is -1.04. The van der Waals surface area contributed by atoms with Crippen molar-refractivity contribution in [2.24, 2.45) is 34.5 Å². The van der Waals surface area contributed by atoms with E-state index < -0.39 is 41.4 Å².